The number of hydrogen-bond acceptors (Lipinski definition) is 5. The van der Waals surface area contributed by atoms with E-state index in [4.69, 9.17) is 9.47 Å². The third-order valence-electron chi connectivity index (χ3n) is 4.03. The molecular formula is C20H32N2O4. The Balaban J connectivity index is 2.56. The van der Waals surface area contributed by atoms with Gasteiger partial charge >= 0.3 is 0 Å². The van der Waals surface area contributed by atoms with Crippen LogP contribution in [-0.4, -0.2) is 38.0 Å². The molecule has 1 unspecified atom stereocenters. The minimum atomic E-state index is -0.449. The van der Waals surface area contributed by atoms with Crippen LogP contribution in [0.5, 0.6) is 0 Å². The van der Waals surface area contributed by atoms with E-state index < -0.39 is 6.04 Å². The molecule has 0 heterocycles. The first-order valence-corrected chi connectivity index (χ1v) is 9.22. The average molecular weight is 364 g/mol. The van der Waals surface area contributed by atoms with Crippen molar-refractivity contribution in [2.24, 2.45) is 5.92 Å². The van der Waals surface area contributed by atoms with E-state index in [9.17, 15) is 9.59 Å². The van der Waals surface area contributed by atoms with Gasteiger partial charge in [0.25, 0.3) is 0 Å². The van der Waals surface area contributed by atoms with Gasteiger partial charge in [0.1, 0.15) is 0 Å². The Kier molecular flexibility index (Phi) is 10.1. The predicted octanol–water partition coefficient (Wildman–Crippen LogP) is 2.58. The van der Waals surface area contributed by atoms with E-state index in [1.807, 2.05) is 52.0 Å². The molecule has 1 rings (SSSR count). The number of Topliss-reactive ketones (excluding diaryl/α,β-unsaturated/α-hetero) is 1. The molecule has 2 N–H and O–H groups in total. The highest BCUT2D eigenvalue weighted by molar-refractivity contribution is 5.90. The second-order valence-electron chi connectivity index (χ2n) is 6.36. The molecule has 1 amide bonds. The summed E-state index contributed by atoms with van der Waals surface area (Å²) in [5.74, 6) is -0.203. The number of nitrogens with one attached hydrogen (secondary N) is 2. The topological polar surface area (TPSA) is 76.7 Å². The zero-order valence-corrected chi connectivity index (χ0v) is 16.5. The maximum atomic E-state index is 12.1. The molecular weight excluding hydrogens is 332 g/mol. The third kappa shape index (κ3) is 7.23. The fourth-order valence-corrected chi connectivity index (χ4v) is 2.54. The van der Waals surface area contributed by atoms with Crippen LogP contribution in [0.2, 0.25) is 0 Å². The molecule has 0 radical (unpaired) electrons. The molecule has 1 aromatic rings. The minimum Gasteiger partial charge on any atom is -0.352 e. The first-order valence-electron chi connectivity index (χ1n) is 9.22. The van der Waals surface area contributed by atoms with Crippen molar-refractivity contribution in [1.82, 2.24) is 10.6 Å². The number of carbonyl (C=O) groups is 2. The van der Waals surface area contributed by atoms with Crippen molar-refractivity contribution in [3.8, 4) is 0 Å². The lowest BCUT2D eigenvalue weighted by atomic mass is 9.99. The van der Waals surface area contributed by atoms with Gasteiger partial charge in [-0.05, 0) is 26.5 Å². The fraction of sp³-hybridized carbons (Fsp3) is 0.600. The van der Waals surface area contributed by atoms with E-state index in [1.54, 1.807) is 7.05 Å². The van der Waals surface area contributed by atoms with Crippen LogP contribution < -0.4 is 10.6 Å². The molecule has 26 heavy (non-hydrogen) atoms. The molecule has 0 bridgehead atoms. The number of likely N-dealkylation sites (N-methyl/N-ethyl adjacent to an activating group) is 1. The van der Waals surface area contributed by atoms with Gasteiger partial charge in [-0.3, -0.25) is 9.59 Å². The molecule has 0 fully saturated rings. The predicted molar refractivity (Wildman–Crippen MR) is 102 cm³/mol. The maximum absolute atomic E-state index is 12.1. The summed E-state index contributed by atoms with van der Waals surface area (Å²) < 4.78 is 11.1. The number of ketones is 1. The van der Waals surface area contributed by atoms with Crippen molar-refractivity contribution in [2.75, 3.05) is 20.3 Å². The maximum Gasteiger partial charge on any atom is 0.222 e. The molecule has 0 aliphatic heterocycles. The summed E-state index contributed by atoms with van der Waals surface area (Å²) in [6, 6.07) is 7.31. The highest BCUT2D eigenvalue weighted by atomic mass is 16.7. The molecule has 0 aliphatic carbocycles. The van der Waals surface area contributed by atoms with Gasteiger partial charge in [0.15, 0.2) is 12.1 Å². The smallest absolute Gasteiger partial charge is 0.222 e. The summed E-state index contributed by atoms with van der Waals surface area (Å²) in [6.07, 6.45) is -0.227. The van der Waals surface area contributed by atoms with Gasteiger partial charge in [-0.2, -0.15) is 0 Å². The number of benzene rings is 1. The summed E-state index contributed by atoms with van der Waals surface area (Å²) in [4.78, 5) is 24.1. The number of hydrogen-bond donors (Lipinski definition) is 2. The number of ether oxygens (including phenoxy) is 2. The zero-order chi connectivity index (χ0) is 19.5. The lowest BCUT2D eigenvalue weighted by Crippen LogP contribution is -2.41. The lowest BCUT2D eigenvalue weighted by molar-refractivity contribution is -0.140. The second kappa shape index (κ2) is 11.8. The fourth-order valence-electron chi connectivity index (χ4n) is 2.54. The van der Waals surface area contributed by atoms with E-state index in [-0.39, 0.29) is 30.3 Å². The largest absolute Gasteiger partial charge is 0.352 e. The van der Waals surface area contributed by atoms with E-state index in [2.05, 4.69) is 10.6 Å². The molecule has 0 saturated heterocycles. The average Bonchev–Trinajstić information content (AvgIpc) is 2.64. The van der Waals surface area contributed by atoms with Crippen molar-refractivity contribution in [3.63, 3.8) is 0 Å². The summed E-state index contributed by atoms with van der Waals surface area (Å²) in [6.45, 7) is 9.10. The monoisotopic (exact) mass is 364 g/mol. The highest BCUT2D eigenvalue weighted by Gasteiger charge is 2.22. The summed E-state index contributed by atoms with van der Waals surface area (Å²) >= 11 is 0. The van der Waals surface area contributed by atoms with Crippen LogP contribution in [-0.2, 0) is 25.6 Å². The van der Waals surface area contributed by atoms with E-state index in [1.165, 1.54) is 0 Å². The molecule has 0 aromatic heterocycles. The number of rotatable bonds is 12. The Hall–Kier alpha value is -1.76. The van der Waals surface area contributed by atoms with Gasteiger partial charge in [0, 0.05) is 37.7 Å². The molecule has 146 valence electrons. The number of carbonyl (C=O) groups excluding carboxylic acids is 2. The van der Waals surface area contributed by atoms with E-state index in [0.29, 0.717) is 19.8 Å². The van der Waals surface area contributed by atoms with Crippen LogP contribution in [0.15, 0.2) is 24.3 Å². The van der Waals surface area contributed by atoms with Gasteiger partial charge < -0.3 is 20.1 Å². The Labute approximate surface area is 156 Å². The molecule has 0 spiro atoms. The van der Waals surface area contributed by atoms with Crippen LogP contribution in [0.1, 0.15) is 51.5 Å². The normalized spacial score (nSPS) is 12.4. The molecule has 6 heteroatoms. The Morgan fingerprint density at radius 2 is 1.62 bits per heavy atom. The summed E-state index contributed by atoms with van der Waals surface area (Å²) in [5, 5.41) is 5.78. The first kappa shape index (κ1) is 22.3. The molecule has 0 aliphatic rings. The third-order valence-corrected chi connectivity index (χ3v) is 4.03. The van der Waals surface area contributed by atoms with Crippen molar-refractivity contribution in [2.45, 2.75) is 53.0 Å². The molecule has 6 nitrogen and oxygen atoms in total. The van der Waals surface area contributed by atoms with Crippen LogP contribution in [0.3, 0.4) is 0 Å². The van der Waals surface area contributed by atoms with Gasteiger partial charge in [0.2, 0.25) is 5.91 Å². The standard InChI is InChI=1S/C20H32N2O4/c1-6-25-20(26-7-2)16-10-8-15(9-11-16)13-22-18(23)12-17(21-5)19(24)14(3)4/h8-11,14,17,20-21H,6-7,12-13H2,1-5H3,(H,22,23). The SMILES string of the molecule is CCOC(OCC)c1ccc(CNC(=O)CC(NC)C(=O)C(C)C)cc1. The van der Waals surface area contributed by atoms with Gasteiger partial charge in [-0.15, -0.1) is 0 Å². The lowest BCUT2D eigenvalue weighted by Gasteiger charge is -2.18. The van der Waals surface area contributed by atoms with E-state index >= 15 is 0 Å². The van der Waals surface area contributed by atoms with Crippen molar-refractivity contribution in [1.29, 1.82) is 0 Å². The number of amides is 1. The van der Waals surface area contributed by atoms with Crippen molar-refractivity contribution in [3.05, 3.63) is 35.4 Å². The van der Waals surface area contributed by atoms with E-state index in [0.717, 1.165) is 11.1 Å². The Morgan fingerprint density at radius 3 is 2.08 bits per heavy atom. The minimum absolute atomic E-state index is 0.0462. The molecule has 1 aromatic carbocycles. The Bertz CT molecular complexity index is 551. The molecule has 0 saturated carbocycles. The summed E-state index contributed by atoms with van der Waals surface area (Å²) in [5.41, 5.74) is 1.92. The van der Waals surface area contributed by atoms with Crippen LogP contribution in [0.4, 0.5) is 0 Å². The first-order chi connectivity index (χ1) is 12.4. The summed E-state index contributed by atoms with van der Waals surface area (Å²) in [7, 11) is 1.70. The van der Waals surface area contributed by atoms with Crippen molar-refractivity contribution >= 4 is 11.7 Å². The Morgan fingerprint density at radius 1 is 1.04 bits per heavy atom. The molecule has 1 atom stereocenters. The quantitative estimate of drug-likeness (QED) is 0.558. The highest BCUT2D eigenvalue weighted by Crippen LogP contribution is 2.19. The van der Waals surface area contributed by atoms with Crippen LogP contribution in [0, 0.1) is 5.92 Å². The van der Waals surface area contributed by atoms with Crippen molar-refractivity contribution < 1.29 is 19.1 Å². The van der Waals surface area contributed by atoms with Crippen LogP contribution >= 0.6 is 0 Å². The van der Waals surface area contributed by atoms with Gasteiger partial charge in [-0.25, -0.2) is 0 Å². The van der Waals surface area contributed by atoms with Crippen LogP contribution in [0.25, 0.3) is 0 Å². The van der Waals surface area contributed by atoms with Gasteiger partial charge in [-0.1, -0.05) is 38.1 Å². The van der Waals surface area contributed by atoms with Gasteiger partial charge in [0.05, 0.1) is 6.04 Å². The zero-order valence-electron chi connectivity index (χ0n) is 16.5. The second-order valence-corrected chi connectivity index (χ2v) is 6.36.